The molecule has 2 fully saturated rings. The molecular formula is C16H27N3O6. The Balaban J connectivity index is 1.91. The zero-order valence-electron chi connectivity index (χ0n) is 15.0. The average molecular weight is 357 g/mol. The first-order valence-corrected chi connectivity index (χ1v) is 8.47. The molecule has 2 aliphatic heterocycles. The Kier molecular flexibility index (Phi) is 6.23. The van der Waals surface area contributed by atoms with Crippen LogP contribution < -0.4 is 5.32 Å². The maximum atomic E-state index is 12.6. The third kappa shape index (κ3) is 5.86. The minimum Gasteiger partial charge on any atom is -0.481 e. The van der Waals surface area contributed by atoms with Crippen molar-refractivity contribution in [3.8, 4) is 0 Å². The first kappa shape index (κ1) is 19.5. The molecule has 142 valence electrons. The molecule has 0 aromatic rings. The largest absolute Gasteiger partial charge is 0.481 e. The highest BCUT2D eigenvalue weighted by Gasteiger charge is 2.34. The number of carboxylic acids is 1. The molecule has 9 heteroatoms. The minimum atomic E-state index is -1.15. The van der Waals surface area contributed by atoms with Crippen molar-refractivity contribution in [3.63, 3.8) is 0 Å². The lowest BCUT2D eigenvalue weighted by atomic mass is 10.1. The number of piperazine rings is 1. The van der Waals surface area contributed by atoms with Crippen LogP contribution in [0.5, 0.6) is 0 Å². The summed E-state index contributed by atoms with van der Waals surface area (Å²) >= 11 is 0. The molecule has 0 bridgehead atoms. The molecule has 0 aliphatic carbocycles. The van der Waals surface area contributed by atoms with Crippen LogP contribution >= 0.6 is 0 Å². The summed E-state index contributed by atoms with van der Waals surface area (Å²) in [6.07, 6.45) is -1.27. The van der Waals surface area contributed by atoms with Gasteiger partial charge >= 0.3 is 12.1 Å². The monoisotopic (exact) mass is 357 g/mol. The molecule has 0 radical (unpaired) electrons. The van der Waals surface area contributed by atoms with Gasteiger partial charge in [0.25, 0.3) is 0 Å². The van der Waals surface area contributed by atoms with Crippen LogP contribution in [0.4, 0.5) is 4.79 Å². The van der Waals surface area contributed by atoms with Crippen LogP contribution in [0.25, 0.3) is 0 Å². The van der Waals surface area contributed by atoms with E-state index in [2.05, 4.69) is 10.2 Å². The lowest BCUT2D eigenvalue weighted by Crippen LogP contribution is -2.60. The molecule has 25 heavy (non-hydrogen) atoms. The van der Waals surface area contributed by atoms with Gasteiger partial charge in [-0.3, -0.25) is 14.5 Å². The SMILES string of the molecule is CC(C)(C)OC(=O)NC(CC(=O)O)C(=O)N1CCN(C2COC2)CC1. The number of carbonyl (C=O) groups excluding carboxylic acids is 2. The predicted octanol–water partition coefficient (Wildman–Crippen LogP) is -0.103. The van der Waals surface area contributed by atoms with Gasteiger partial charge in [0.1, 0.15) is 11.6 Å². The highest BCUT2D eigenvalue weighted by Crippen LogP contribution is 2.15. The summed E-state index contributed by atoms with van der Waals surface area (Å²) in [5, 5.41) is 11.4. The number of alkyl carbamates (subject to hydrolysis) is 1. The van der Waals surface area contributed by atoms with E-state index in [9.17, 15) is 14.4 Å². The van der Waals surface area contributed by atoms with E-state index in [-0.39, 0.29) is 0 Å². The van der Waals surface area contributed by atoms with Crippen molar-refractivity contribution in [1.29, 1.82) is 0 Å². The fraction of sp³-hybridized carbons (Fsp3) is 0.812. The third-order valence-electron chi connectivity index (χ3n) is 4.13. The number of hydrogen-bond donors (Lipinski definition) is 2. The molecule has 2 N–H and O–H groups in total. The molecule has 1 unspecified atom stereocenters. The van der Waals surface area contributed by atoms with Gasteiger partial charge in [-0.1, -0.05) is 0 Å². The molecule has 1 atom stereocenters. The van der Waals surface area contributed by atoms with Crippen molar-refractivity contribution < 1.29 is 29.0 Å². The van der Waals surface area contributed by atoms with Gasteiger partial charge in [0.15, 0.2) is 0 Å². The Hall–Kier alpha value is -1.87. The summed E-state index contributed by atoms with van der Waals surface area (Å²) < 4.78 is 10.3. The van der Waals surface area contributed by atoms with E-state index in [1.807, 2.05) is 0 Å². The van der Waals surface area contributed by atoms with Crippen molar-refractivity contribution in [3.05, 3.63) is 0 Å². The second-order valence-electron chi connectivity index (χ2n) is 7.35. The van der Waals surface area contributed by atoms with Gasteiger partial charge < -0.3 is 24.8 Å². The molecule has 2 heterocycles. The lowest BCUT2D eigenvalue weighted by Gasteiger charge is -2.43. The van der Waals surface area contributed by atoms with Crippen molar-refractivity contribution in [1.82, 2.24) is 15.1 Å². The number of aliphatic carboxylic acids is 1. The van der Waals surface area contributed by atoms with E-state index >= 15 is 0 Å². The first-order chi connectivity index (χ1) is 11.7. The van der Waals surface area contributed by atoms with Gasteiger partial charge in [0.05, 0.1) is 25.7 Å². The quantitative estimate of drug-likeness (QED) is 0.707. The fourth-order valence-electron chi connectivity index (χ4n) is 2.79. The normalized spacial score (nSPS) is 20.5. The average Bonchev–Trinajstić information content (AvgIpc) is 2.42. The van der Waals surface area contributed by atoms with Gasteiger partial charge in [-0.2, -0.15) is 0 Å². The fourth-order valence-corrected chi connectivity index (χ4v) is 2.79. The molecule has 9 nitrogen and oxygen atoms in total. The predicted molar refractivity (Wildman–Crippen MR) is 88.2 cm³/mol. The van der Waals surface area contributed by atoms with Crippen LogP contribution in [-0.2, 0) is 19.1 Å². The molecule has 0 aromatic carbocycles. The van der Waals surface area contributed by atoms with E-state index in [1.165, 1.54) is 0 Å². The summed E-state index contributed by atoms with van der Waals surface area (Å²) in [6, 6.07) is -0.724. The third-order valence-corrected chi connectivity index (χ3v) is 4.13. The summed E-state index contributed by atoms with van der Waals surface area (Å²) in [7, 11) is 0. The molecule has 2 saturated heterocycles. The summed E-state index contributed by atoms with van der Waals surface area (Å²) in [6.45, 7) is 8.96. The highest BCUT2D eigenvalue weighted by atomic mass is 16.6. The van der Waals surface area contributed by atoms with Crippen molar-refractivity contribution >= 4 is 18.0 Å². The van der Waals surface area contributed by atoms with Gasteiger partial charge in [0, 0.05) is 26.2 Å². The Morgan fingerprint density at radius 1 is 1.20 bits per heavy atom. The summed E-state index contributed by atoms with van der Waals surface area (Å²) in [4.78, 5) is 39.5. The molecular weight excluding hydrogens is 330 g/mol. The van der Waals surface area contributed by atoms with E-state index < -0.39 is 36.0 Å². The minimum absolute atomic E-state index is 0.391. The van der Waals surface area contributed by atoms with Crippen LogP contribution in [-0.4, -0.2) is 90.0 Å². The smallest absolute Gasteiger partial charge is 0.408 e. The maximum absolute atomic E-state index is 12.6. The molecule has 2 rings (SSSR count). The number of ether oxygens (including phenoxy) is 2. The first-order valence-electron chi connectivity index (χ1n) is 8.47. The second kappa shape index (κ2) is 8.01. The van der Waals surface area contributed by atoms with Gasteiger partial charge in [0.2, 0.25) is 5.91 Å². The number of nitrogens with zero attached hydrogens (tertiary/aromatic N) is 2. The van der Waals surface area contributed by atoms with Crippen LogP contribution in [0.2, 0.25) is 0 Å². The second-order valence-corrected chi connectivity index (χ2v) is 7.35. The van der Waals surface area contributed by atoms with Gasteiger partial charge in [-0.15, -0.1) is 0 Å². The standard InChI is InChI=1S/C16H27N3O6/c1-16(2,3)25-15(23)17-12(8-13(20)21)14(22)19-6-4-18(5-7-19)11-9-24-10-11/h11-12H,4-10H2,1-3H3,(H,17,23)(H,20,21). The van der Waals surface area contributed by atoms with E-state index in [0.29, 0.717) is 32.2 Å². The Morgan fingerprint density at radius 3 is 2.24 bits per heavy atom. The van der Waals surface area contributed by atoms with Crippen molar-refractivity contribution in [2.75, 3.05) is 39.4 Å². The zero-order chi connectivity index (χ0) is 18.6. The Labute approximate surface area is 147 Å². The van der Waals surface area contributed by atoms with Crippen LogP contribution in [0.1, 0.15) is 27.2 Å². The number of carbonyl (C=O) groups is 3. The van der Waals surface area contributed by atoms with Crippen molar-refractivity contribution in [2.24, 2.45) is 0 Å². The molecule has 2 amide bonds. The summed E-state index contributed by atoms with van der Waals surface area (Å²) in [5.74, 6) is -1.54. The van der Waals surface area contributed by atoms with Crippen LogP contribution in [0.3, 0.4) is 0 Å². The van der Waals surface area contributed by atoms with Crippen LogP contribution in [0, 0.1) is 0 Å². The molecule has 0 saturated carbocycles. The maximum Gasteiger partial charge on any atom is 0.408 e. The van der Waals surface area contributed by atoms with Gasteiger partial charge in [-0.25, -0.2) is 4.79 Å². The van der Waals surface area contributed by atoms with Crippen LogP contribution in [0.15, 0.2) is 0 Å². The number of nitrogens with one attached hydrogen (secondary N) is 1. The van der Waals surface area contributed by atoms with E-state index in [4.69, 9.17) is 14.6 Å². The lowest BCUT2D eigenvalue weighted by molar-refractivity contribution is -0.144. The molecule has 0 spiro atoms. The zero-order valence-corrected chi connectivity index (χ0v) is 15.0. The molecule has 2 aliphatic rings. The van der Waals surface area contributed by atoms with Crippen molar-refractivity contribution in [2.45, 2.75) is 44.9 Å². The highest BCUT2D eigenvalue weighted by molar-refractivity contribution is 5.89. The topological polar surface area (TPSA) is 108 Å². The molecule has 0 aromatic heterocycles. The Morgan fingerprint density at radius 2 is 1.80 bits per heavy atom. The summed E-state index contributed by atoms with van der Waals surface area (Å²) in [5.41, 5.74) is -0.725. The number of rotatable bonds is 5. The van der Waals surface area contributed by atoms with E-state index in [0.717, 1.165) is 13.2 Å². The number of hydrogen-bond acceptors (Lipinski definition) is 6. The number of amides is 2. The number of carboxylic acid groups (broad SMARTS) is 1. The van der Waals surface area contributed by atoms with E-state index in [1.54, 1.807) is 25.7 Å². The Bertz CT molecular complexity index is 506. The van der Waals surface area contributed by atoms with Gasteiger partial charge in [-0.05, 0) is 20.8 Å².